The topological polar surface area (TPSA) is 58.4 Å². The van der Waals surface area contributed by atoms with Crippen LogP contribution in [0.1, 0.15) is 19.3 Å². The summed E-state index contributed by atoms with van der Waals surface area (Å²) in [6, 6.07) is 0.343. The highest BCUT2D eigenvalue weighted by Crippen LogP contribution is 2.35. The molecule has 0 spiro atoms. The number of fused-ring (bicyclic) bond motifs is 1. The molecule has 1 amide bonds. The van der Waals surface area contributed by atoms with Crippen molar-refractivity contribution >= 4 is 5.91 Å². The summed E-state index contributed by atoms with van der Waals surface area (Å²) in [5.41, 5.74) is 5.02. The molecule has 2 atom stereocenters. The molecular weight excluding hydrogens is 166 g/mol. The monoisotopic (exact) mass is 183 g/mol. The Morgan fingerprint density at radius 3 is 3.00 bits per heavy atom. The fourth-order valence-corrected chi connectivity index (χ4v) is 2.84. The fraction of sp³-hybridized carbons (Fsp3) is 0.889. The van der Waals surface area contributed by atoms with Gasteiger partial charge in [-0.3, -0.25) is 9.69 Å². The molecule has 2 saturated heterocycles. The zero-order valence-electron chi connectivity index (χ0n) is 8.05. The average Bonchev–Trinajstić information content (AvgIpc) is 2.62. The highest BCUT2D eigenvalue weighted by Gasteiger charge is 2.52. The number of rotatable bonds is 2. The number of nitrogens with two attached hydrogens (primary N) is 1. The number of likely N-dealkylation sites (N-methyl/N-ethyl adjacent to an activating group) is 1. The smallest absolute Gasteiger partial charge is 0.239 e. The summed E-state index contributed by atoms with van der Waals surface area (Å²) in [5, 5.41) is 3.13. The largest absolute Gasteiger partial charge is 0.368 e. The first kappa shape index (κ1) is 8.97. The molecule has 74 valence electrons. The van der Waals surface area contributed by atoms with Gasteiger partial charge in [0.1, 0.15) is 5.54 Å². The van der Waals surface area contributed by atoms with Crippen molar-refractivity contribution in [2.24, 2.45) is 5.73 Å². The van der Waals surface area contributed by atoms with E-state index in [9.17, 15) is 4.79 Å². The van der Waals surface area contributed by atoms with E-state index in [-0.39, 0.29) is 5.91 Å². The average molecular weight is 183 g/mol. The van der Waals surface area contributed by atoms with Crippen LogP contribution in [0.2, 0.25) is 0 Å². The van der Waals surface area contributed by atoms with E-state index in [1.807, 2.05) is 7.05 Å². The molecule has 0 aromatic heterocycles. The van der Waals surface area contributed by atoms with Gasteiger partial charge in [-0.05, 0) is 32.9 Å². The number of nitrogens with one attached hydrogen (secondary N) is 1. The second kappa shape index (κ2) is 2.96. The van der Waals surface area contributed by atoms with E-state index >= 15 is 0 Å². The van der Waals surface area contributed by atoms with E-state index in [2.05, 4.69) is 10.2 Å². The number of hydrogen-bond donors (Lipinski definition) is 2. The number of carbonyl (C=O) groups is 1. The summed E-state index contributed by atoms with van der Waals surface area (Å²) in [6.45, 7) is 2.13. The number of hydrogen-bond acceptors (Lipinski definition) is 3. The van der Waals surface area contributed by atoms with Gasteiger partial charge in [-0.2, -0.15) is 0 Å². The first-order valence-corrected chi connectivity index (χ1v) is 4.93. The van der Waals surface area contributed by atoms with E-state index in [0.717, 1.165) is 25.9 Å². The van der Waals surface area contributed by atoms with Crippen molar-refractivity contribution < 1.29 is 4.79 Å². The third-order valence-electron chi connectivity index (χ3n) is 3.61. The van der Waals surface area contributed by atoms with Crippen LogP contribution in [0.4, 0.5) is 0 Å². The maximum Gasteiger partial charge on any atom is 0.239 e. The zero-order chi connectivity index (χ0) is 9.47. The predicted molar refractivity (Wildman–Crippen MR) is 50.2 cm³/mol. The van der Waals surface area contributed by atoms with Gasteiger partial charge < -0.3 is 11.1 Å². The van der Waals surface area contributed by atoms with Gasteiger partial charge >= 0.3 is 0 Å². The lowest BCUT2D eigenvalue weighted by Crippen LogP contribution is -2.60. The van der Waals surface area contributed by atoms with Crippen LogP contribution in [0.5, 0.6) is 0 Å². The Morgan fingerprint density at radius 1 is 1.62 bits per heavy atom. The molecular formula is C9H17N3O. The van der Waals surface area contributed by atoms with Crippen molar-refractivity contribution in [1.29, 1.82) is 0 Å². The van der Waals surface area contributed by atoms with Crippen LogP contribution in [0.3, 0.4) is 0 Å². The van der Waals surface area contributed by atoms with Crippen LogP contribution in [0, 0.1) is 0 Å². The van der Waals surface area contributed by atoms with Gasteiger partial charge in [0.2, 0.25) is 5.91 Å². The van der Waals surface area contributed by atoms with Gasteiger partial charge in [0.15, 0.2) is 0 Å². The summed E-state index contributed by atoms with van der Waals surface area (Å²) in [4.78, 5) is 13.8. The van der Waals surface area contributed by atoms with Crippen LogP contribution in [0.25, 0.3) is 0 Å². The van der Waals surface area contributed by atoms with Crippen molar-refractivity contribution in [2.45, 2.75) is 30.8 Å². The number of nitrogens with zero attached hydrogens (tertiary/aromatic N) is 1. The lowest BCUT2D eigenvalue weighted by Gasteiger charge is -2.31. The van der Waals surface area contributed by atoms with E-state index in [1.54, 1.807) is 0 Å². The van der Waals surface area contributed by atoms with Crippen molar-refractivity contribution in [3.63, 3.8) is 0 Å². The Kier molecular flexibility index (Phi) is 2.04. The van der Waals surface area contributed by atoms with Gasteiger partial charge in [-0.1, -0.05) is 0 Å². The van der Waals surface area contributed by atoms with Crippen LogP contribution >= 0.6 is 0 Å². The van der Waals surface area contributed by atoms with Crippen molar-refractivity contribution in [1.82, 2.24) is 10.2 Å². The molecule has 2 fully saturated rings. The van der Waals surface area contributed by atoms with Crippen LogP contribution in [0.15, 0.2) is 0 Å². The summed E-state index contributed by atoms with van der Waals surface area (Å²) >= 11 is 0. The minimum Gasteiger partial charge on any atom is -0.368 e. The van der Waals surface area contributed by atoms with Gasteiger partial charge in [-0.15, -0.1) is 0 Å². The second-order valence-electron chi connectivity index (χ2n) is 4.03. The molecule has 2 rings (SSSR count). The van der Waals surface area contributed by atoms with Gasteiger partial charge in [-0.25, -0.2) is 0 Å². The Labute approximate surface area is 78.5 Å². The maximum atomic E-state index is 11.4. The zero-order valence-corrected chi connectivity index (χ0v) is 8.05. The number of primary amides is 1. The van der Waals surface area contributed by atoms with Crippen LogP contribution in [-0.4, -0.2) is 42.5 Å². The standard InChI is InChI=1S/C9H17N3O/c1-11-9(8(10)13)4-6-12-5-2-3-7(9)12/h7,11H,2-6H2,1H3,(H2,10,13). The third kappa shape index (κ3) is 1.09. The second-order valence-corrected chi connectivity index (χ2v) is 4.03. The first-order chi connectivity index (χ1) is 6.20. The Morgan fingerprint density at radius 2 is 2.38 bits per heavy atom. The predicted octanol–water partition coefficient (Wildman–Crippen LogP) is -0.702. The van der Waals surface area contributed by atoms with E-state index in [4.69, 9.17) is 5.73 Å². The quantitative estimate of drug-likeness (QED) is 0.595. The van der Waals surface area contributed by atoms with E-state index < -0.39 is 5.54 Å². The summed E-state index contributed by atoms with van der Waals surface area (Å²) in [7, 11) is 1.84. The Hall–Kier alpha value is -0.610. The molecule has 4 nitrogen and oxygen atoms in total. The van der Waals surface area contributed by atoms with Crippen molar-refractivity contribution in [2.75, 3.05) is 20.1 Å². The Balaban J connectivity index is 2.25. The van der Waals surface area contributed by atoms with Crippen LogP contribution < -0.4 is 11.1 Å². The summed E-state index contributed by atoms with van der Waals surface area (Å²) < 4.78 is 0. The molecule has 13 heavy (non-hydrogen) atoms. The first-order valence-electron chi connectivity index (χ1n) is 4.93. The van der Waals surface area contributed by atoms with Gasteiger partial charge in [0, 0.05) is 12.6 Å². The molecule has 3 N–H and O–H groups in total. The normalized spacial score (nSPS) is 39.3. The highest BCUT2D eigenvalue weighted by atomic mass is 16.1. The Bertz CT molecular complexity index is 231. The number of carbonyl (C=O) groups excluding carboxylic acids is 1. The summed E-state index contributed by atoms with van der Waals surface area (Å²) in [5.74, 6) is -0.190. The van der Waals surface area contributed by atoms with Crippen molar-refractivity contribution in [3.8, 4) is 0 Å². The fourth-order valence-electron chi connectivity index (χ4n) is 2.84. The minimum absolute atomic E-state index is 0.190. The van der Waals surface area contributed by atoms with Crippen molar-refractivity contribution in [3.05, 3.63) is 0 Å². The minimum atomic E-state index is -0.448. The van der Waals surface area contributed by atoms with Gasteiger partial charge in [0.05, 0.1) is 0 Å². The lowest BCUT2D eigenvalue weighted by atomic mass is 9.88. The molecule has 0 aliphatic carbocycles. The summed E-state index contributed by atoms with van der Waals surface area (Å²) in [6.07, 6.45) is 3.16. The van der Waals surface area contributed by atoms with E-state index in [0.29, 0.717) is 6.04 Å². The van der Waals surface area contributed by atoms with Gasteiger partial charge in [0.25, 0.3) is 0 Å². The van der Waals surface area contributed by atoms with Crippen LogP contribution in [-0.2, 0) is 4.79 Å². The maximum absolute atomic E-state index is 11.4. The highest BCUT2D eigenvalue weighted by molar-refractivity contribution is 5.86. The van der Waals surface area contributed by atoms with E-state index in [1.165, 1.54) is 6.42 Å². The molecule has 0 radical (unpaired) electrons. The molecule has 2 aliphatic rings. The molecule has 0 aromatic rings. The third-order valence-corrected chi connectivity index (χ3v) is 3.61. The SMILES string of the molecule is CNC1(C(N)=O)CCN2CCCC21. The molecule has 0 aromatic carbocycles. The molecule has 4 heteroatoms. The lowest BCUT2D eigenvalue weighted by molar-refractivity contribution is -0.125. The number of amides is 1. The molecule has 0 bridgehead atoms. The molecule has 0 saturated carbocycles. The molecule has 2 heterocycles. The molecule has 2 unspecified atom stereocenters. The molecule has 2 aliphatic heterocycles.